The highest BCUT2D eigenvalue weighted by molar-refractivity contribution is 5.97. The topological polar surface area (TPSA) is 129 Å². The zero-order valence-corrected chi connectivity index (χ0v) is 15.0. The minimum atomic E-state index is -0.549. The zero-order valence-electron chi connectivity index (χ0n) is 15.0. The van der Waals surface area contributed by atoms with Gasteiger partial charge in [0.2, 0.25) is 5.91 Å². The van der Waals surface area contributed by atoms with Gasteiger partial charge in [0.25, 0.3) is 11.6 Å². The van der Waals surface area contributed by atoms with Gasteiger partial charge in [-0.05, 0) is 6.07 Å². The van der Waals surface area contributed by atoms with Crippen molar-refractivity contribution in [1.29, 1.82) is 5.26 Å². The van der Waals surface area contributed by atoms with Crippen molar-refractivity contribution in [2.45, 2.75) is 6.92 Å². The van der Waals surface area contributed by atoms with Crippen LogP contribution in [0.1, 0.15) is 6.92 Å². The fraction of sp³-hybridized carbons (Fsp3) is 0.353. The number of methoxy groups -OCH3 is 1. The van der Waals surface area contributed by atoms with Gasteiger partial charge in [-0.1, -0.05) is 0 Å². The van der Waals surface area contributed by atoms with E-state index in [1.54, 1.807) is 4.90 Å². The lowest BCUT2D eigenvalue weighted by atomic mass is 10.2. The van der Waals surface area contributed by atoms with Gasteiger partial charge in [0.1, 0.15) is 17.4 Å². The fourth-order valence-corrected chi connectivity index (χ4v) is 2.60. The molecule has 1 saturated heterocycles. The number of carbonyl (C=O) groups is 2. The lowest BCUT2D eigenvalue weighted by Crippen LogP contribution is -2.50. The van der Waals surface area contributed by atoms with Crippen molar-refractivity contribution in [2.75, 3.05) is 38.6 Å². The number of piperazine rings is 1. The summed E-state index contributed by atoms with van der Waals surface area (Å²) in [6, 6.07) is 5.80. The Kier molecular flexibility index (Phi) is 6.32. The molecule has 2 rings (SSSR count). The molecule has 1 aromatic carbocycles. The van der Waals surface area contributed by atoms with Crippen LogP contribution in [0.25, 0.3) is 0 Å². The Hall–Kier alpha value is -3.61. The number of non-ortho nitro benzene ring substituents is 1. The van der Waals surface area contributed by atoms with E-state index in [2.05, 4.69) is 5.32 Å². The molecule has 0 unspecified atom stereocenters. The van der Waals surface area contributed by atoms with E-state index in [1.165, 1.54) is 43.3 Å². The number of nitro benzene ring substituents is 1. The molecule has 0 bridgehead atoms. The molecule has 1 N–H and O–H groups in total. The van der Waals surface area contributed by atoms with Crippen molar-refractivity contribution in [3.63, 3.8) is 0 Å². The molecular formula is C17H19N5O5. The van der Waals surface area contributed by atoms with E-state index >= 15 is 0 Å². The number of nitriles is 1. The van der Waals surface area contributed by atoms with Gasteiger partial charge >= 0.3 is 0 Å². The third-order valence-electron chi connectivity index (χ3n) is 4.13. The number of hydrogen-bond acceptors (Lipinski definition) is 7. The number of anilines is 1. The highest BCUT2D eigenvalue weighted by atomic mass is 16.6. The smallest absolute Gasteiger partial charge is 0.273 e. The van der Waals surface area contributed by atoms with Gasteiger partial charge in [-0.25, -0.2) is 0 Å². The van der Waals surface area contributed by atoms with Crippen LogP contribution in [0, 0.1) is 21.4 Å². The number of nitrogens with zero attached hydrogens (tertiary/aromatic N) is 4. The average Bonchev–Trinajstić information content (AvgIpc) is 2.68. The summed E-state index contributed by atoms with van der Waals surface area (Å²) < 4.78 is 5.10. The second kappa shape index (κ2) is 8.66. The van der Waals surface area contributed by atoms with Gasteiger partial charge in [-0.15, -0.1) is 0 Å². The van der Waals surface area contributed by atoms with E-state index in [4.69, 9.17) is 4.74 Å². The molecule has 1 aromatic rings. The predicted molar refractivity (Wildman–Crippen MR) is 95.8 cm³/mol. The number of nitrogens with one attached hydrogen (secondary N) is 1. The molecule has 1 heterocycles. The summed E-state index contributed by atoms with van der Waals surface area (Å²) in [7, 11) is 1.36. The van der Waals surface area contributed by atoms with Gasteiger partial charge < -0.3 is 19.9 Å². The first-order valence-corrected chi connectivity index (χ1v) is 8.11. The maximum Gasteiger partial charge on any atom is 0.273 e. The molecule has 0 aliphatic carbocycles. The second-order valence-electron chi connectivity index (χ2n) is 5.75. The van der Waals surface area contributed by atoms with E-state index in [9.17, 15) is 25.0 Å². The number of hydrogen-bond donors (Lipinski definition) is 1. The minimum absolute atomic E-state index is 0.0509. The Morgan fingerprint density at radius 2 is 1.93 bits per heavy atom. The maximum absolute atomic E-state index is 12.5. The highest BCUT2D eigenvalue weighted by Gasteiger charge is 2.24. The number of amides is 2. The molecule has 27 heavy (non-hydrogen) atoms. The third-order valence-corrected chi connectivity index (χ3v) is 4.13. The maximum atomic E-state index is 12.5. The molecular weight excluding hydrogens is 354 g/mol. The molecule has 0 saturated carbocycles. The Labute approximate surface area is 155 Å². The molecule has 0 spiro atoms. The lowest BCUT2D eigenvalue weighted by Gasteiger charge is -2.34. The van der Waals surface area contributed by atoms with Gasteiger partial charge in [0.15, 0.2) is 0 Å². The summed E-state index contributed by atoms with van der Waals surface area (Å²) in [5.41, 5.74) is 0.123. The van der Waals surface area contributed by atoms with E-state index < -0.39 is 10.8 Å². The SMILES string of the molecule is COc1cc([N+](=O)[O-])ccc1N/C=C(/C#N)C(=O)N1CCN(C(C)=O)CC1. The molecule has 142 valence electrons. The summed E-state index contributed by atoms with van der Waals surface area (Å²) in [4.78, 5) is 37.3. The minimum Gasteiger partial charge on any atom is -0.494 e. The molecule has 0 radical (unpaired) electrons. The van der Waals surface area contributed by atoms with Crippen molar-refractivity contribution in [2.24, 2.45) is 0 Å². The monoisotopic (exact) mass is 373 g/mol. The van der Waals surface area contributed by atoms with E-state index in [0.717, 1.165) is 0 Å². The molecule has 1 aliphatic rings. The van der Waals surface area contributed by atoms with E-state index in [0.29, 0.717) is 31.9 Å². The van der Waals surface area contributed by atoms with Crippen LogP contribution in [-0.2, 0) is 9.59 Å². The standard InChI is InChI=1S/C17H19N5O5/c1-12(23)20-5-7-21(8-6-20)17(24)13(10-18)11-19-15-4-3-14(22(25)26)9-16(15)27-2/h3-4,9,11,19H,5-8H2,1-2H3/b13-11-. The van der Waals surface area contributed by atoms with Crippen molar-refractivity contribution >= 4 is 23.2 Å². The first-order valence-electron chi connectivity index (χ1n) is 8.11. The second-order valence-corrected chi connectivity index (χ2v) is 5.75. The molecule has 10 heteroatoms. The summed E-state index contributed by atoms with van der Waals surface area (Å²) in [6.07, 6.45) is 1.24. The number of rotatable bonds is 5. The van der Waals surface area contributed by atoms with Gasteiger partial charge in [0.05, 0.1) is 23.8 Å². The number of carbonyl (C=O) groups excluding carboxylic acids is 2. The summed E-state index contributed by atoms with van der Waals surface area (Å²) in [6.45, 7) is 3.00. The number of benzene rings is 1. The van der Waals surface area contributed by atoms with Crippen LogP contribution in [0.4, 0.5) is 11.4 Å². The molecule has 10 nitrogen and oxygen atoms in total. The average molecular weight is 373 g/mol. The number of ether oxygens (including phenoxy) is 1. The first kappa shape index (κ1) is 19.7. The van der Waals surface area contributed by atoms with Crippen LogP contribution in [0.5, 0.6) is 5.75 Å². The quantitative estimate of drug-likeness (QED) is 0.354. The fourth-order valence-electron chi connectivity index (χ4n) is 2.60. The Morgan fingerprint density at radius 1 is 1.30 bits per heavy atom. The van der Waals surface area contributed by atoms with Crippen LogP contribution in [-0.4, -0.2) is 59.8 Å². The van der Waals surface area contributed by atoms with Crippen LogP contribution < -0.4 is 10.1 Å². The Morgan fingerprint density at radius 3 is 2.44 bits per heavy atom. The zero-order chi connectivity index (χ0) is 20.0. The molecule has 1 fully saturated rings. The molecule has 2 amide bonds. The predicted octanol–water partition coefficient (Wildman–Crippen LogP) is 1.11. The highest BCUT2D eigenvalue weighted by Crippen LogP contribution is 2.29. The van der Waals surface area contributed by atoms with Gasteiger partial charge in [-0.2, -0.15) is 5.26 Å². The third kappa shape index (κ3) is 4.72. The van der Waals surface area contributed by atoms with Crippen molar-refractivity contribution in [3.05, 3.63) is 40.1 Å². The van der Waals surface area contributed by atoms with Gasteiger partial charge in [-0.3, -0.25) is 19.7 Å². The van der Waals surface area contributed by atoms with Crippen molar-refractivity contribution in [1.82, 2.24) is 9.80 Å². The first-order chi connectivity index (χ1) is 12.9. The van der Waals surface area contributed by atoms with Crippen LogP contribution in [0.15, 0.2) is 30.0 Å². The van der Waals surface area contributed by atoms with Crippen molar-refractivity contribution in [3.8, 4) is 11.8 Å². The molecule has 0 aromatic heterocycles. The van der Waals surface area contributed by atoms with Gasteiger partial charge in [0, 0.05) is 45.4 Å². The lowest BCUT2D eigenvalue weighted by molar-refractivity contribution is -0.384. The van der Waals surface area contributed by atoms with Crippen LogP contribution >= 0.6 is 0 Å². The summed E-state index contributed by atoms with van der Waals surface area (Å²) in [5, 5.41) is 22.9. The summed E-state index contributed by atoms with van der Waals surface area (Å²) in [5.74, 6) is -0.292. The summed E-state index contributed by atoms with van der Waals surface area (Å²) >= 11 is 0. The van der Waals surface area contributed by atoms with E-state index in [-0.39, 0.29) is 22.9 Å². The van der Waals surface area contributed by atoms with Crippen molar-refractivity contribution < 1.29 is 19.2 Å². The Bertz CT molecular complexity index is 821. The normalized spacial score (nSPS) is 14.3. The van der Waals surface area contributed by atoms with E-state index in [1.807, 2.05) is 6.07 Å². The largest absolute Gasteiger partial charge is 0.494 e. The van der Waals surface area contributed by atoms with Crippen LogP contribution in [0.2, 0.25) is 0 Å². The van der Waals surface area contributed by atoms with Crippen LogP contribution in [0.3, 0.4) is 0 Å². The Balaban J connectivity index is 2.10. The number of nitro groups is 1. The molecule has 1 aliphatic heterocycles. The molecule has 0 atom stereocenters.